The van der Waals surface area contributed by atoms with Crippen molar-refractivity contribution in [3.8, 4) is 0 Å². The molecule has 4 rings (SSSR count). The smallest absolute Gasteiger partial charge is 0.375 e. The molecule has 0 aromatic rings. The van der Waals surface area contributed by atoms with Crippen molar-refractivity contribution in [1.29, 1.82) is 0 Å². The van der Waals surface area contributed by atoms with Crippen LogP contribution >= 0.6 is 0 Å². The highest BCUT2D eigenvalue weighted by Gasteiger charge is 2.55. The summed E-state index contributed by atoms with van der Waals surface area (Å²) in [5.41, 5.74) is -0.261. The van der Waals surface area contributed by atoms with Crippen molar-refractivity contribution in [3.05, 3.63) is 0 Å². The molecule has 0 radical (unpaired) electrons. The molecule has 0 aromatic heterocycles. The molecule has 9 heteroatoms. The lowest BCUT2D eigenvalue weighted by Crippen LogP contribution is -2.56. The molecule has 4 aliphatic rings. The molecular formula is C15H22F2O6S. The Hall–Kier alpha value is -0.640. The lowest BCUT2D eigenvalue weighted by atomic mass is 9.53. The molecule has 2 atom stereocenters. The van der Waals surface area contributed by atoms with Crippen molar-refractivity contribution in [1.82, 2.24) is 0 Å². The molecule has 4 fully saturated rings. The normalized spacial score (nSPS) is 35.6. The van der Waals surface area contributed by atoms with Crippen molar-refractivity contribution in [2.24, 2.45) is 17.8 Å². The SMILES string of the molecule is O=C1C2CC3CC1CC(OCCCOCC(F)(F)S(=O)(=O)O)(C3)C2. The average molecular weight is 368 g/mol. The minimum absolute atomic E-state index is 0.0869. The first-order valence-corrected chi connectivity index (χ1v) is 9.66. The number of carbonyl (C=O) groups is 1. The lowest BCUT2D eigenvalue weighted by Gasteiger charge is -2.55. The largest absolute Gasteiger partial charge is 0.392 e. The van der Waals surface area contributed by atoms with Crippen LogP contribution < -0.4 is 0 Å². The number of Topliss-reactive ketones (excluding diaryl/α,β-unsaturated/α-hetero) is 1. The van der Waals surface area contributed by atoms with Gasteiger partial charge in [-0.3, -0.25) is 9.35 Å². The third-order valence-electron chi connectivity index (χ3n) is 5.43. The van der Waals surface area contributed by atoms with E-state index in [4.69, 9.17) is 9.29 Å². The average Bonchev–Trinajstić information content (AvgIpc) is 2.46. The van der Waals surface area contributed by atoms with Gasteiger partial charge in [0, 0.05) is 25.0 Å². The van der Waals surface area contributed by atoms with E-state index in [1.54, 1.807) is 0 Å². The van der Waals surface area contributed by atoms with E-state index in [0.717, 1.165) is 32.1 Å². The molecule has 0 heterocycles. The number of hydrogen-bond acceptors (Lipinski definition) is 5. The van der Waals surface area contributed by atoms with Crippen molar-refractivity contribution in [2.45, 2.75) is 49.4 Å². The van der Waals surface area contributed by atoms with Crippen molar-refractivity contribution >= 4 is 15.9 Å². The van der Waals surface area contributed by atoms with Crippen molar-refractivity contribution < 1.29 is 36.0 Å². The molecule has 0 amide bonds. The Morgan fingerprint density at radius 3 is 2.38 bits per heavy atom. The Morgan fingerprint density at radius 2 is 1.79 bits per heavy atom. The summed E-state index contributed by atoms with van der Waals surface area (Å²) in [5, 5.41) is -4.30. The molecule has 1 N–H and O–H groups in total. The number of halogens is 2. The van der Waals surface area contributed by atoms with Gasteiger partial charge in [-0.2, -0.15) is 17.2 Å². The standard InChI is InChI=1S/C15H22F2O6S/c16-15(17,24(19,20)21)9-22-2-1-3-23-14-6-10-4-11(7-14)13(18)12(5-10)8-14/h10-12H,1-9H2,(H,19,20,21). The highest BCUT2D eigenvalue weighted by Crippen LogP contribution is 2.55. The van der Waals surface area contributed by atoms with Crippen LogP contribution in [0.15, 0.2) is 0 Å². The van der Waals surface area contributed by atoms with Gasteiger partial charge < -0.3 is 9.47 Å². The van der Waals surface area contributed by atoms with Crippen LogP contribution in [0.3, 0.4) is 0 Å². The van der Waals surface area contributed by atoms with Crippen LogP contribution in [0.25, 0.3) is 0 Å². The number of hydrogen-bond donors (Lipinski definition) is 1. The van der Waals surface area contributed by atoms with Gasteiger partial charge in [0.2, 0.25) is 0 Å². The molecule has 4 saturated carbocycles. The zero-order valence-electron chi connectivity index (χ0n) is 13.2. The number of alkyl halides is 2. The van der Waals surface area contributed by atoms with E-state index in [0.29, 0.717) is 24.7 Å². The summed E-state index contributed by atoms with van der Waals surface area (Å²) in [4.78, 5) is 12.1. The van der Waals surface area contributed by atoms with E-state index in [1.807, 2.05) is 0 Å². The number of ketones is 1. The second kappa shape index (κ2) is 6.26. The number of ether oxygens (including phenoxy) is 2. The van der Waals surface area contributed by atoms with Crippen LogP contribution in [0.5, 0.6) is 0 Å². The summed E-state index contributed by atoms with van der Waals surface area (Å²) in [6.45, 7) is -1.15. The van der Waals surface area contributed by atoms with Gasteiger partial charge in [-0.1, -0.05) is 0 Å². The summed E-state index contributed by atoms with van der Waals surface area (Å²) in [6.07, 6.45) is 4.73. The first-order chi connectivity index (χ1) is 11.1. The maximum Gasteiger partial charge on any atom is 0.392 e. The van der Waals surface area contributed by atoms with Crippen LogP contribution in [0, 0.1) is 17.8 Å². The van der Waals surface area contributed by atoms with Gasteiger partial charge in [-0.15, -0.1) is 0 Å². The Labute approximate surface area is 139 Å². The lowest BCUT2D eigenvalue weighted by molar-refractivity contribution is -0.177. The molecule has 0 aliphatic heterocycles. The molecule has 138 valence electrons. The zero-order chi connectivity index (χ0) is 17.6. The van der Waals surface area contributed by atoms with Crippen molar-refractivity contribution in [3.63, 3.8) is 0 Å². The number of rotatable bonds is 8. The van der Waals surface area contributed by atoms with Gasteiger partial charge in [0.1, 0.15) is 12.4 Å². The predicted molar refractivity (Wildman–Crippen MR) is 79.2 cm³/mol. The molecule has 6 nitrogen and oxygen atoms in total. The van der Waals surface area contributed by atoms with Crippen LogP contribution in [0.1, 0.15) is 38.5 Å². The first kappa shape index (κ1) is 18.2. The molecule has 2 unspecified atom stereocenters. The van der Waals surface area contributed by atoms with E-state index >= 15 is 0 Å². The Morgan fingerprint density at radius 1 is 1.17 bits per heavy atom. The van der Waals surface area contributed by atoms with Crippen molar-refractivity contribution in [2.75, 3.05) is 19.8 Å². The summed E-state index contributed by atoms with van der Waals surface area (Å²) in [5.74, 6) is 1.15. The molecule has 4 bridgehead atoms. The van der Waals surface area contributed by atoms with Crippen LogP contribution in [-0.4, -0.2) is 49.4 Å². The van der Waals surface area contributed by atoms with Gasteiger partial charge in [-0.05, 0) is 44.4 Å². The van der Waals surface area contributed by atoms with Gasteiger partial charge in [0.15, 0.2) is 0 Å². The topological polar surface area (TPSA) is 89.9 Å². The second-order valence-corrected chi connectivity index (χ2v) is 8.84. The highest BCUT2D eigenvalue weighted by molar-refractivity contribution is 7.86. The van der Waals surface area contributed by atoms with Gasteiger partial charge >= 0.3 is 15.4 Å². The monoisotopic (exact) mass is 368 g/mol. The Balaban J connectivity index is 1.40. The highest BCUT2D eigenvalue weighted by atomic mass is 32.2. The van der Waals surface area contributed by atoms with E-state index in [1.165, 1.54) is 0 Å². The van der Waals surface area contributed by atoms with Gasteiger partial charge in [0.05, 0.1) is 5.60 Å². The summed E-state index contributed by atoms with van der Waals surface area (Å²) in [7, 11) is -5.45. The summed E-state index contributed by atoms with van der Waals surface area (Å²) >= 11 is 0. The van der Waals surface area contributed by atoms with E-state index in [9.17, 15) is 22.0 Å². The maximum absolute atomic E-state index is 13.0. The van der Waals surface area contributed by atoms with E-state index in [2.05, 4.69) is 4.74 Å². The molecule has 24 heavy (non-hydrogen) atoms. The second-order valence-electron chi connectivity index (χ2n) is 7.30. The fourth-order valence-electron chi connectivity index (χ4n) is 4.57. The minimum Gasteiger partial charge on any atom is -0.375 e. The molecule has 0 aromatic carbocycles. The predicted octanol–water partition coefficient (Wildman–Crippen LogP) is 2.04. The van der Waals surface area contributed by atoms with Gasteiger partial charge in [-0.25, -0.2) is 0 Å². The molecule has 0 spiro atoms. The summed E-state index contributed by atoms with van der Waals surface area (Å²) in [6, 6.07) is 0. The zero-order valence-corrected chi connectivity index (χ0v) is 14.1. The molecule has 4 aliphatic carbocycles. The summed E-state index contributed by atoms with van der Waals surface area (Å²) < 4.78 is 65.8. The van der Waals surface area contributed by atoms with E-state index < -0.39 is 22.0 Å². The third kappa shape index (κ3) is 3.49. The fraction of sp³-hybridized carbons (Fsp3) is 0.933. The van der Waals surface area contributed by atoms with Crippen LogP contribution in [0.2, 0.25) is 0 Å². The van der Waals surface area contributed by atoms with Gasteiger partial charge in [0.25, 0.3) is 0 Å². The van der Waals surface area contributed by atoms with Crippen LogP contribution in [0.4, 0.5) is 8.78 Å². The Bertz CT molecular complexity index is 587. The Kier molecular flexibility index (Phi) is 4.74. The molecule has 0 saturated heterocycles. The first-order valence-electron chi connectivity index (χ1n) is 8.22. The van der Waals surface area contributed by atoms with Crippen LogP contribution in [-0.2, 0) is 24.4 Å². The molecular weight excluding hydrogens is 346 g/mol. The quantitative estimate of drug-likeness (QED) is 0.521. The minimum atomic E-state index is -5.45. The fourth-order valence-corrected chi connectivity index (χ4v) is 4.80. The third-order valence-corrected chi connectivity index (χ3v) is 6.30. The number of carbonyl (C=O) groups excluding carboxylic acids is 1. The van der Waals surface area contributed by atoms with E-state index in [-0.39, 0.29) is 24.0 Å². The maximum atomic E-state index is 13.0.